The molecule has 0 amide bonds. The number of aliphatic carboxylic acids is 2. The van der Waals surface area contributed by atoms with Crippen molar-refractivity contribution in [2.75, 3.05) is 0 Å². The van der Waals surface area contributed by atoms with Crippen molar-refractivity contribution in [1.29, 1.82) is 0 Å². The average Bonchev–Trinajstić information content (AvgIpc) is 2.29. The first-order chi connectivity index (χ1) is 9.22. The molecule has 0 aliphatic rings. The van der Waals surface area contributed by atoms with Crippen LogP contribution in [0.4, 0.5) is 0 Å². The fourth-order valence-corrected chi connectivity index (χ4v) is 0.260. The quantitative estimate of drug-likeness (QED) is 0.416. The molecule has 0 aromatic rings. The third-order valence-corrected chi connectivity index (χ3v) is 0.618. The van der Waals surface area contributed by atoms with E-state index in [0.717, 1.165) is 12.5 Å². The molecular formula is C12H17ClO7. The van der Waals surface area contributed by atoms with Gasteiger partial charge in [-0.1, -0.05) is 31.3 Å². The predicted octanol–water partition coefficient (Wildman–Crippen LogP) is 2.46. The highest BCUT2D eigenvalue weighted by Gasteiger charge is 1.88. The molecule has 0 aromatic carbocycles. The molecular weight excluding hydrogens is 292 g/mol. The molecule has 114 valence electrons. The number of ether oxygens (including phenoxy) is 1. The third kappa shape index (κ3) is 108. The topological polar surface area (TPSA) is 121 Å². The molecule has 0 bridgehead atoms. The number of aliphatic hydroxyl groups is 1. The van der Waals surface area contributed by atoms with Crippen molar-refractivity contribution in [3.63, 3.8) is 0 Å². The van der Waals surface area contributed by atoms with Crippen LogP contribution in [0.15, 0.2) is 49.9 Å². The fraction of sp³-hybridized carbons (Fsp3) is 0.0833. The lowest BCUT2D eigenvalue weighted by Gasteiger charge is -1.83. The van der Waals surface area contributed by atoms with Gasteiger partial charge in [-0.05, 0) is 5.54 Å². The summed E-state index contributed by atoms with van der Waals surface area (Å²) in [6, 6.07) is 0. The molecule has 0 spiro atoms. The zero-order valence-corrected chi connectivity index (χ0v) is 11.6. The highest BCUT2D eigenvalue weighted by Crippen LogP contribution is 1.71. The summed E-state index contributed by atoms with van der Waals surface area (Å²) < 4.78 is 4.17. The molecule has 3 N–H and O–H groups in total. The molecule has 0 atom stereocenters. The number of carbonyl (C=O) groups excluding carboxylic acids is 1. The molecule has 0 rings (SSSR count). The highest BCUT2D eigenvalue weighted by atomic mass is 35.5. The molecule has 0 aromatic heterocycles. The van der Waals surface area contributed by atoms with E-state index >= 15 is 0 Å². The van der Waals surface area contributed by atoms with Gasteiger partial charge >= 0.3 is 17.9 Å². The van der Waals surface area contributed by atoms with E-state index < -0.39 is 11.9 Å². The van der Waals surface area contributed by atoms with Crippen LogP contribution >= 0.6 is 11.6 Å². The Balaban J connectivity index is -0.0000000941. The van der Waals surface area contributed by atoms with Crippen LogP contribution in [0.1, 0.15) is 6.92 Å². The first-order valence-corrected chi connectivity index (χ1v) is 5.05. The zero-order valence-electron chi connectivity index (χ0n) is 10.9. The number of aliphatic hydroxyl groups excluding tert-OH is 1. The largest absolute Gasteiger partial charge is 0.516 e. The van der Waals surface area contributed by atoms with Gasteiger partial charge in [0.15, 0.2) is 0 Å². The lowest BCUT2D eigenvalue weighted by Crippen LogP contribution is -1.91. The number of rotatable bonds is 3. The Hall–Kier alpha value is -2.54. The van der Waals surface area contributed by atoms with Gasteiger partial charge in [0, 0.05) is 19.1 Å². The van der Waals surface area contributed by atoms with Gasteiger partial charge in [-0.2, -0.15) is 0 Å². The Kier molecular flexibility index (Phi) is 33.1. The van der Waals surface area contributed by atoms with Crippen molar-refractivity contribution in [2.45, 2.75) is 6.92 Å². The van der Waals surface area contributed by atoms with E-state index in [-0.39, 0.29) is 5.97 Å². The smallest absolute Gasteiger partial charge is 0.328 e. The Morgan fingerprint density at radius 1 is 1.05 bits per heavy atom. The zero-order chi connectivity index (χ0) is 17.0. The van der Waals surface area contributed by atoms with Crippen LogP contribution in [0.25, 0.3) is 0 Å². The minimum Gasteiger partial charge on any atom is -0.516 e. The van der Waals surface area contributed by atoms with Crippen LogP contribution in [0.2, 0.25) is 0 Å². The summed E-state index contributed by atoms with van der Waals surface area (Å²) >= 11 is 4.76. The standard InChI is InChI=1S/C4H4O4.C4H6O2.C2H3Cl.C2H4O/c5-3(6)1-2-4(7)8;1-3-6-4(2)5;2*1-2-3/h1-2H,(H,5,6)(H,7,8);3H,1H2,2H3;2H,1H2;2-3H,1H2. The molecule has 0 unspecified atom stereocenters. The van der Waals surface area contributed by atoms with Gasteiger partial charge in [-0.15, -0.1) is 0 Å². The molecule has 0 fully saturated rings. The molecule has 0 aliphatic carbocycles. The Labute approximate surface area is 121 Å². The van der Waals surface area contributed by atoms with Crippen molar-refractivity contribution in [1.82, 2.24) is 0 Å². The molecule has 0 aliphatic heterocycles. The van der Waals surface area contributed by atoms with E-state index in [0.29, 0.717) is 12.2 Å². The van der Waals surface area contributed by atoms with Crippen LogP contribution in [-0.2, 0) is 19.1 Å². The summed E-state index contributed by atoms with van der Waals surface area (Å²) in [7, 11) is 0. The summed E-state index contributed by atoms with van der Waals surface area (Å²) in [6.07, 6.45) is 2.97. The number of halogens is 1. The second-order valence-corrected chi connectivity index (χ2v) is 2.43. The van der Waals surface area contributed by atoms with Crippen LogP contribution in [0, 0.1) is 0 Å². The summed E-state index contributed by atoms with van der Waals surface area (Å²) in [6.45, 7) is 10.5. The summed E-state index contributed by atoms with van der Waals surface area (Å²) in [4.78, 5) is 28.9. The molecule has 0 saturated carbocycles. The number of hydrogen-bond acceptors (Lipinski definition) is 5. The second kappa shape index (κ2) is 25.3. The Morgan fingerprint density at radius 3 is 1.35 bits per heavy atom. The van der Waals surface area contributed by atoms with Gasteiger partial charge < -0.3 is 20.1 Å². The molecule has 20 heavy (non-hydrogen) atoms. The molecule has 8 heteroatoms. The van der Waals surface area contributed by atoms with E-state index in [1.807, 2.05) is 0 Å². The number of esters is 1. The third-order valence-electron chi connectivity index (χ3n) is 0.618. The summed E-state index contributed by atoms with van der Waals surface area (Å²) in [5, 5.41) is 23.0. The predicted molar refractivity (Wildman–Crippen MR) is 75.3 cm³/mol. The van der Waals surface area contributed by atoms with Crippen LogP contribution in [0.3, 0.4) is 0 Å². The fourth-order valence-electron chi connectivity index (χ4n) is 0.260. The molecule has 0 heterocycles. The van der Waals surface area contributed by atoms with Crippen molar-refractivity contribution in [3.05, 3.63) is 49.9 Å². The van der Waals surface area contributed by atoms with Gasteiger partial charge in [0.25, 0.3) is 0 Å². The van der Waals surface area contributed by atoms with E-state index in [1.165, 1.54) is 12.5 Å². The number of carboxylic acid groups (broad SMARTS) is 2. The van der Waals surface area contributed by atoms with Crippen molar-refractivity contribution in [3.8, 4) is 0 Å². The summed E-state index contributed by atoms with van der Waals surface area (Å²) in [5.41, 5.74) is 1.22. The Bertz CT molecular complexity index is 313. The maximum absolute atomic E-state index is 9.75. The second-order valence-electron chi connectivity index (χ2n) is 2.12. The van der Waals surface area contributed by atoms with Gasteiger partial charge in [0.05, 0.1) is 12.5 Å². The maximum Gasteiger partial charge on any atom is 0.328 e. The SMILES string of the molecule is C=CCl.C=CO.C=COC(C)=O.O=C(O)C=CC(=O)O. The number of carbonyl (C=O) groups is 3. The minimum atomic E-state index is -1.26. The summed E-state index contributed by atoms with van der Waals surface area (Å²) in [5.74, 6) is -2.84. The van der Waals surface area contributed by atoms with E-state index in [2.05, 4.69) is 24.5 Å². The van der Waals surface area contributed by atoms with Crippen LogP contribution < -0.4 is 0 Å². The molecule has 0 radical (unpaired) electrons. The maximum atomic E-state index is 9.75. The van der Waals surface area contributed by atoms with Gasteiger partial charge in [0.1, 0.15) is 0 Å². The van der Waals surface area contributed by atoms with Crippen LogP contribution in [0.5, 0.6) is 0 Å². The molecule has 0 saturated heterocycles. The van der Waals surface area contributed by atoms with E-state index in [1.54, 1.807) is 0 Å². The average molecular weight is 309 g/mol. The lowest BCUT2D eigenvalue weighted by molar-refractivity contribution is -0.135. The van der Waals surface area contributed by atoms with Gasteiger partial charge in [0.2, 0.25) is 0 Å². The van der Waals surface area contributed by atoms with Crippen LogP contribution in [-0.4, -0.2) is 33.2 Å². The van der Waals surface area contributed by atoms with E-state index in [4.69, 9.17) is 26.9 Å². The minimum absolute atomic E-state index is 0.329. The van der Waals surface area contributed by atoms with E-state index in [9.17, 15) is 14.4 Å². The van der Waals surface area contributed by atoms with Crippen molar-refractivity contribution in [2.24, 2.45) is 0 Å². The highest BCUT2D eigenvalue weighted by molar-refractivity contribution is 6.25. The normalized spacial score (nSPS) is 7.10. The lowest BCUT2D eigenvalue weighted by atomic mass is 10.5. The Morgan fingerprint density at radius 2 is 1.30 bits per heavy atom. The monoisotopic (exact) mass is 308 g/mol. The molecule has 7 nitrogen and oxygen atoms in total. The van der Waals surface area contributed by atoms with Gasteiger partial charge in [-0.25, -0.2) is 9.59 Å². The first kappa shape index (κ1) is 26.1. The number of carboxylic acids is 2. The van der Waals surface area contributed by atoms with Crippen molar-refractivity contribution < 1.29 is 34.4 Å². The van der Waals surface area contributed by atoms with Gasteiger partial charge in [-0.3, -0.25) is 4.79 Å². The first-order valence-electron chi connectivity index (χ1n) is 4.61. The number of hydrogen-bond donors (Lipinski definition) is 3. The van der Waals surface area contributed by atoms with Crippen molar-refractivity contribution >= 4 is 29.5 Å².